The molecule has 1 fully saturated rings. The molecule has 0 amide bonds. The molecule has 1 aromatic heterocycles. The van der Waals surface area contributed by atoms with Gasteiger partial charge < -0.3 is 14.7 Å². The fraction of sp³-hybridized carbons (Fsp3) is 0.667. The van der Waals surface area contributed by atoms with E-state index >= 15 is 0 Å². The van der Waals surface area contributed by atoms with E-state index in [0.29, 0.717) is 30.7 Å². The first-order valence-corrected chi connectivity index (χ1v) is 7.33. The quantitative estimate of drug-likeness (QED) is 0.917. The topological polar surface area (TPSA) is 75.5 Å². The second kappa shape index (κ2) is 5.87. The molecule has 1 N–H and O–H groups in total. The maximum Gasteiger partial charge on any atom is 0.326 e. The number of carbonyl (C=O) groups is 1. The fourth-order valence-corrected chi connectivity index (χ4v) is 3.00. The first-order valence-electron chi connectivity index (χ1n) is 7.33. The minimum Gasteiger partial charge on any atom is -0.480 e. The normalized spacial score (nSPS) is 21.1. The van der Waals surface area contributed by atoms with Gasteiger partial charge in [0.25, 0.3) is 0 Å². The molecule has 0 bridgehead atoms. The van der Waals surface area contributed by atoms with Crippen LogP contribution in [0.25, 0.3) is 0 Å². The summed E-state index contributed by atoms with van der Waals surface area (Å²) in [6.07, 6.45) is 1.84. The molecule has 1 saturated heterocycles. The number of rotatable bonds is 4. The van der Waals surface area contributed by atoms with Gasteiger partial charge in [0.1, 0.15) is 17.7 Å². The zero-order chi connectivity index (χ0) is 15.6. The Hall–Kier alpha value is -1.85. The van der Waals surface area contributed by atoms with Crippen molar-refractivity contribution in [2.45, 2.75) is 46.6 Å². The van der Waals surface area contributed by atoms with Crippen LogP contribution in [-0.4, -0.2) is 40.2 Å². The molecule has 2 rings (SSSR count). The van der Waals surface area contributed by atoms with Gasteiger partial charge in [-0.3, -0.25) is 0 Å². The molecule has 1 unspecified atom stereocenters. The molecule has 0 saturated carbocycles. The molecular formula is C15H23N3O3. The van der Waals surface area contributed by atoms with Crippen LogP contribution in [0.2, 0.25) is 0 Å². The fourth-order valence-electron chi connectivity index (χ4n) is 3.00. The summed E-state index contributed by atoms with van der Waals surface area (Å²) in [6, 6.07) is 1.14. The van der Waals surface area contributed by atoms with Gasteiger partial charge in [0.15, 0.2) is 0 Å². The van der Waals surface area contributed by atoms with Crippen molar-refractivity contribution in [3.8, 4) is 5.88 Å². The lowest BCUT2D eigenvalue weighted by atomic mass is 9.76. The number of ether oxygens (including phenoxy) is 1. The van der Waals surface area contributed by atoms with E-state index in [1.807, 2.05) is 25.7 Å². The van der Waals surface area contributed by atoms with Crippen molar-refractivity contribution in [3.63, 3.8) is 0 Å². The maximum atomic E-state index is 11.7. The van der Waals surface area contributed by atoms with Crippen molar-refractivity contribution < 1.29 is 14.6 Å². The van der Waals surface area contributed by atoms with Crippen molar-refractivity contribution in [1.82, 2.24) is 9.97 Å². The minimum atomic E-state index is -0.811. The first-order chi connectivity index (χ1) is 9.85. The predicted molar refractivity (Wildman–Crippen MR) is 79.7 cm³/mol. The van der Waals surface area contributed by atoms with Gasteiger partial charge in [-0.1, -0.05) is 13.8 Å². The number of nitrogens with zero attached hydrogens (tertiary/aromatic N) is 3. The Labute approximate surface area is 125 Å². The van der Waals surface area contributed by atoms with Crippen molar-refractivity contribution in [3.05, 3.63) is 11.9 Å². The molecule has 1 aliphatic heterocycles. The van der Waals surface area contributed by atoms with Crippen molar-refractivity contribution in [1.29, 1.82) is 0 Å². The first kappa shape index (κ1) is 15.5. The second-order valence-corrected chi connectivity index (χ2v) is 6.07. The van der Waals surface area contributed by atoms with Gasteiger partial charge in [0.05, 0.1) is 6.61 Å². The van der Waals surface area contributed by atoms with E-state index in [1.54, 1.807) is 13.0 Å². The highest BCUT2D eigenvalue weighted by Gasteiger charge is 2.43. The lowest BCUT2D eigenvalue weighted by Gasteiger charge is -2.44. The van der Waals surface area contributed by atoms with Crippen molar-refractivity contribution in [2.24, 2.45) is 5.41 Å². The van der Waals surface area contributed by atoms with E-state index in [9.17, 15) is 9.90 Å². The van der Waals surface area contributed by atoms with Crippen LogP contribution in [0.3, 0.4) is 0 Å². The smallest absolute Gasteiger partial charge is 0.326 e. The number of hydrogen-bond donors (Lipinski definition) is 1. The molecule has 6 nitrogen and oxygen atoms in total. The van der Waals surface area contributed by atoms with Gasteiger partial charge in [-0.05, 0) is 32.1 Å². The van der Waals surface area contributed by atoms with Gasteiger partial charge in [-0.25, -0.2) is 9.78 Å². The third kappa shape index (κ3) is 3.25. The zero-order valence-corrected chi connectivity index (χ0v) is 13.1. The van der Waals surface area contributed by atoms with Crippen LogP contribution in [-0.2, 0) is 4.79 Å². The number of carboxylic acids is 1. The predicted octanol–water partition coefficient (Wildman–Crippen LogP) is 2.26. The molecule has 0 radical (unpaired) electrons. The monoisotopic (exact) mass is 293 g/mol. The molecule has 116 valence electrons. The van der Waals surface area contributed by atoms with Crippen LogP contribution < -0.4 is 9.64 Å². The Morgan fingerprint density at radius 2 is 2.24 bits per heavy atom. The van der Waals surface area contributed by atoms with Crippen LogP contribution >= 0.6 is 0 Å². The molecule has 6 heteroatoms. The number of carboxylic acid groups (broad SMARTS) is 1. The largest absolute Gasteiger partial charge is 0.480 e. The van der Waals surface area contributed by atoms with Crippen LogP contribution in [0.15, 0.2) is 6.07 Å². The van der Waals surface area contributed by atoms with Crippen LogP contribution in [0, 0.1) is 12.3 Å². The third-order valence-corrected chi connectivity index (χ3v) is 3.89. The van der Waals surface area contributed by atoms with E-state index in [1.165, 1.54) is 0 Å². The van der Waals surface area contributed by atoms with Gasteiger partial charge in [-0.2, -0.15) is 4.98 Å². The van der Waals surface area contributed by atoms with Crippen molar-refractivity contribution in [2.75, 3.05) is 18.1 Å². The Bertz CT molecular complexity index is 531. The maximum absolute atomic E-state index is 11.7. The van der Waals surface area contributed by atoms with E-state index in [-0.39, 0.29) is 5.41 Å². The zero-order valence-electron chi connectivity index (χ0n) is 13.1. The Morgan fingerprint density at radius 1 is 1.52 bits per heavy atom. The van der Waals surface area contributed by atoms with E-state index in [4.69, 9.17) is 4.74 Å². The molecule has 1 aromatic rings. The standard InChI is InChI=1S/C15H23N3O3/c1-5-21-12-9-11(16-10(2)17-12)18-8-6-7-15(3,4)13(18)14(19)20/h9,13H,5-8H2,1-4H3,(H,19,20). The molecule has 1 aliphatic rings. The van der Waals surface area contributed by atoms with E-state index < -0.39 is 12.0 Å². The summed E-state index contributed by atoms with van der Waals surface area (Å²) in [5.74, 6) is 0.899. The van der Waals surface area contributed by atoms with Gasteiger partial charge >= 0.3 is 5.97 Å². The highest BCUT2D eigenvalue weighted by Crippen LogP contribution is 2.37. The molecule has 0 spiro atoms. The SMILES string of the molecule is CCOc1cc(N2CCCC(C)(C)C2C(=O)O)nc(C)n1. The van der Waals surface area contributed by atoms with Gasteiger partial charge in [0, 0.05) is 12.6 Å². The Morgan fingerprint density at radius 3 is 2.86 bits per heavy atom. The summed E-state index contributed by atoms with van der Waals surface area (Å²) in [5.41, 5.74) is -0.297. The summed E-state index contributed by atoms with van der Waals surface area (Å²) in [4.78, 5) is 22.2. The van der Waals surface area contributed by atoms with E-state index in [2.05, 4.69) is 9.97 Å². The number of aromatic nitrogens is 2. The molecule has 1 atom stereocenters. The summed E-state index contributed by atoms with van der Waals surface area (Å²) >= 11 is 0. The van der Waals surface area contributed by atoms with Crippen LogP contribution in [0.5, 0.6) is 5.88 Å². The molecular weight excluding hydrogens is 270 g/mol. The number of aryl methyl sites for hydroxylation is 1. The van der Waals surface area contributed by atoms with Crippen LogP contribution in [0.4, 0.5) is 5.82 Å². The third-order valence-electron chi connectivity index (χ3n) is 3.89. The second-order valence-electron chi connectivity index (χ2n) is 6.07. The number of hydrogen-bond acceptors (Lipinski definition) is 5. The number of piperidine rings is 1. The molecule has 2 heterocycles. The average Bonchev–Trinajstić information content (AvgIpc) is 2.36. The number of aliphatic carboxylic acids is 1. The molecule has 0 aromatic carbocycles. The summed E-state index contributed by atoms with van der Waals surface area (Å²) in [7, 11) is 0. The lowest BCUT2D eigenvalue weighted by Crippen LogP contribution is -2.54. The summed E-state index contributed by atoms with van der Waals surface area (Å²) < 4.78 is 5.44. The lowest BCUT2D eigenvalue weighted by molar-refractivity contribution is -0.142. The molecule has 0 aliphatic carbocycles. The Balaban J connectivity index is 2.40. The summed E-state index contributed by atoms with van der Waals surface area (Å²) in [6.45, 7) is 8.87. The van der Waals surface area contributed by atoms with E-state index in [0.717, 1.165) is 12.8 Å². The highest BCUT2D eigenvalue weighted by atomic mass is 16.5. The average molecular weight is 293 g/mol. The van der Waals surface area contributed by atoms with Gasteiger partial charge in [-0.15, -0.1) is 0 Å². The summed E-state index contributed by atoms with van der Waals surface area (Å²) in [5, 5.41) is 9.63. The van der Waals surface area contributed by atoms with Crippen molar-refractivity contribution >= 4 is 11.8 Å². The Kier molecular flexibility index (Phi) is 4.34. The van der Waals surface area contributed by atoms with Crippen LogP contribution in [0.1, 0.15) is 39.4 Å². The van der Waals surface area contributed by atoms with Gasteiger partial charge in [0.2, 0.25) is 5.88 Å². The minimum absolute atomic E-state index is 0.297. The highest BCUT2D eigenvalue weighted by molar-refractivity contribution is 5.79. The molecule has 21 heavy (non-hydrogen) atoms. The number of anilines is 1.